The molecule has 0 spiro atoms. The molecule has 5 N–H and O–H groups in total. The van der Waals surface area contributed by atoms with Crippen molar-refractivity contribution in [3.63, 3.8) is 0 Å². The minimum Gasteiger partial charge on any atom is -0.493 e. The summed E-state index contributed by atoms with van der Waals surface area (Å²) in [5.41, 5.74) is 4.24. The van der Waals surface area contributed by atoms with Crippen molar-refractivity contribution < 1.29 is 5.11 Å². The van der Waals surface area contributed by atoms with Crippen LogP contribution in [0.3, 0.4) is 0 Å². The Balaban J connectivity index is 0.000001000. The Hall–Kier alpha value is -1.01. The highest BCUT2D eigenvalue weighted by Gasteiger charge is 1.99. The summed E-state index contributed by atoms with van der Waals surface area (Å²) in [6.45, 7) is 0. The van der Waals surface area contributed by atoms with Gasteiger partial charge in [0.15, 0.2) is 10.5 Å². The highest BCUT2D eigenvalue weighted by Crippen LogP contribution is 2.06. The van der Waals surface area contributed by atoms with Gasteiger partial charge >= 0.3 is 0 Å². The molecule has 1 aromatic heterocycles. The first-order valence-electron chi connectivity index (χ1n) is 2.42. The molecule has 0 aliphatic heterocycles. The fraction of sp³-hybridized carbons (Fsp3) is 0. The first kappa shape index (κ1) is 9.99. The zero-order valence-corrected chi connectivity index (χ0v) is 6.88. The smallest absolute Gasteiger partial charge is 0.278 e. The van der Waals surface area contributed by atoms with Crippen LogP contribution in [0, 0.1) is 4.77 Å². The molecule has 0 bridgehead atoms. The number of nitrogens with one attached hydrogen (secondary N) is 2. The summed E-state index contributed by atoms with van der Waals surface area (Å²) in [4.78, 5) is 15.1. The van der Waals surface area contributed by atoms with E-state index in [0.717, 1.165) is 0 Å². The molecule has 0 unspecified atom stereocenters. The van der Waals surface area contributed by atoms with E-state index in [9.17, 15) is 4.79 Å². The quantitative estimate of drug-likeness (QED) is 0.443. The fourth-order valence-electron chi connectivity index (χ4n) is 0.484. The van der Waals surface area contributed by atoms with Gasteiger partial charge in [-0.1, -0.05) is 0 Å². The molecule has 62 valence electrons. The Labute approximate surface area is 72.7 Å². The van der Waals surface area contributed by atoms with Crippen molar-refractivity contribution in [2.24, 2.45) is 0 Å². The van der Waals surface area contributed by atoms with Crippen LogP contribution in [0.25, 0.3) is 0 Å². The molecule has 1 heterocycles. The van der Waals surface area contributed by atoms with Gasteiger partial charge in [-0.05, 0) is 12.2 Å². The second kappa shape index (κ2) is 3.40. The van der Waals surface area contributed by atoms with Gasteiger partial charge in [0.05, 0.1) is 0 Å². The molecule has 0 aromatic carbocycles. The molecule has 0 saturated carbocycles. The number of rotatable bonds is 0. The summed E-state index contributed by atoms with van der Waals surface area (Å²) in [6, 6.07) is 0. The Morgan fingerprint density at radius 3 is 2.45 bits per heavy atom. The largest absolute Gasteiger partial charge is 0.493 e. The van der Waals surface area contributed by atoms with E-state index in [4.69, 9.17) is 10.8 Å². The van der Waals surface area contributed by atoms with Crippen molar-refractivity contribution in [2.45, 2.75) is 0 Å². The average molecular weight is 196 g/mol. The second-order valence-electron chi connectivity index (χ2n) is 1.67. The summed E-state index contributed by atoms with van der Waals surface area (Å²) in [5, 5.41) is 8.81. The number of H-pyrrole nitrogens is 2. The predicted octanol–water partition coefficient (Wildman–Crippen LogP) is 0.142. The lowest BCUT2D eigenvalue weighted by molar-refractivity contribution is 0.453. The van der Waals surface area contributed by atoms with E-state index < -0.39 is 11.4 Å². The molecule has 0 atom stereocenters. The Bertz CT molecular complexity index is 357. The highest BCUT2D eigenvalue weighted by molar-refractivity contribution is 7.71. The third-order valence-corrected chi connectivity index (χ3v) is 1.16. The minimum atomic E-state index is -0.582. The Kier molecular flexibility index (Phi) is 3.09. The maximum atomic E-state index is 10.6. The molecule has 1 rings (SSSR count). The van der Waals surface area contributed by atoms with Crippen LogP contribution in [0.1, 0.15) is 0 Å². The lowest BCUT2D eigenvalue weighted by Gasteiger charge is -1.93. The van der Waals surface area contributed by atoms with Crippen LogP contribution in [0.2, 0.25) is 0 Å². The van der Waals surface area contributed by atoms with Gasteiger partial charge in [0, 0.05) is 0 Å². The molecular weight excluding hydrogens is 190 g/mol. The van der Waals surface area contributed by atoms with Crippen molar-refractivity contribution in [1.82, 2.24) is 9.97 Å². The Morgan fingerprint density at radius 1 is 1.45 bits per heavy atom. The molecule has 0 amide bonds. The van der Waals surface area contributed by atoms with E-state index in [0.29, 0.717) is 0 Å². The molecule has 1 aromatic rings. The third kappa shape index (κ3) is 1.95. The van der Waals surface area contributed by atoms with Crippen LogP contribution in [0.5, 0.6) is 5.88 Å². The van der Waals surface area contributed by atoms with Crippen molar-refractivity contribution in [2.75, 3.05) is 5.73 Å². The van der Waals surface area contributed by atoms with Gasteiger partial charge in [-0.2, -0.15) is 0 Å². The maximum Gasteiger partial charge on any atom is 0.278 e. The normalized spacial score (nSPS) is 8.73. The fourth-order valence-corrected chi connectivity index (χ4v) is 0.673. The first-order chi connectivity index (χ1) is 4.61. The number of hydrogen-bond acceptors (Lipinski definition) is 4. The highest BCUT2D eigenvalue weighted by atomic mass is 35.5. The van der Waals surface area contributed by atoms with Gasteiger partial charge < -0.3 is 15.8 Å². The number of halogens is 1. The van der Waals surface area contributed by atoms with Gasteiger partial charge in [-0.3, -0.25) is 9.78 Å². The molecule has 0 saturated heterocycles. The van der Waals surface area contributed by atoms with Gasteiger partial charge in [0.2, 0.25) is 5.88 Å². The zero-order chi connectivity index (χ0) is 7.72. The van der Waals surface area contributed by atoms with Crippen molar-refractivity contribution in [1.29, 1.82) is 0 Å². The van der Waals surface area contributed by atoms with Crippen LogP contribution >= 0.6 is 24.6 Å². The van der Waals surface area contributed by atoms with Gasteiger partial charge in [-0.15, -0.1) is 12.4 Å². The van der Waals surface area contributed by atoms with Crippen LogP contribution < -0.4 is 11.3 Å². The van der Waals surface area contributed by atoms with Crippen molar-refractivity contribution >= 4 is 30.3 Å². The SMILES string of the molecule is Cl.Nc1c(O)[nH]c(=S)[nH]c1=O. The minimum absolute atomic E-state index is 0. The van der Waals surface area contributed by atoms with E-state index in [-0.39, 0.29) is 22.9 Å². The van der Waals surface area contributed by atoms with Crippen molar-refractivity contribution in [3.8, 4) is 5.88 Å². The first-order valence-corrected chi connectivity index (χ1v) is 2.83. The van der Waals surface area contributed by atoms with E-state index in [1.165, 1.54) is 0 Å². The lowest BCUT2D eigenvalue weighted by atomic mass is 10.5. The maximum absolute atomic E-state index is 10.6. The summed E-state index contributed by atoms with van der Waals surface area (Å²) in [7, 11) is 0. The number of aromatic nitrogens is 2. The predicted molar refractivity (Wildman–Crippen MR) is 45.6 cm³/mol. The van der Waals surface area contributed by atoms with Gasteiger partial charge in [0.25, 0.3) is 5.56 Å². The Morgan fingerprint density at radius 2 is 2.00 bits per heavy atom. The van der Waals surface area contributed by atoms with Crippen LogP contribution in [-0.2, 0) is 0 Å². The molecular formula is C4H6ClN3O2S. The van der Waals surface area contributed by atoms with E-state index in [1.807, 2.05) is 0 Å². The summed E-state index contributed by atoms with van der Waals surface area (Å²) < 4.78 is 0.0525. The molecule has 0 radical (unpaired) electrons. The average Bonchev–Trinajstić information content (AvgIpc) is 1.82. The monoisotopic (exact) mass is 195 g/mol. The number of hydrogen-bond donors (Lipinski definition) is 4. The molecule has 5 nitrogen and oxygen atoms in total. The van der Waals surface area contributed by atoms with Gasteiger partial charge in [-0.25, -0.2) is 0 Å². The molecule has 7 heteroatoms. The molecule has 11 heavy (non-hydrogen) atoms. The number of anilines is 1. The standard InChI is InChI=1S/C4H5N3O2S.ClH/c5-1-2(8)6-4(10)7-3(1)9;/h5H2,(H3,6,7,8,9,10);1H. The summed E-state index contributed by atoms with van der Waals surface area (Å²) in [6.07, 6.45) is 0. The van der Waals surface area contributed by atoms with E-state index in [2.05, 4.69) is 22.2 Å². The molecule has 0 aliphatic rings. The van der Waals surface area contributed by atoms with Crippen LogP contribution in [0.4, 0.5) is 5.69 Å². The summed E-state index contributed by atoms with van der Waals surface area (Å²) in [5.74, 6) is -0.395. The number of nitrogens with two attached hydrogens (primary N) is 1. The van der Waals surface area contributed by atoms with E-state index >= 15 is 0 Å². The number of aromatic amines is 2. The van der Waals surface area contributed by atoms with Crippen LogP contribution in [-0.4, -0.2) is 15.1 Å². The molecule has 0 fully saturated rings. The van der Waals surface area contributed by atoms with Crippen LogP contribution in [0.15, 0.2) is 4.79 Å². The van der Waals surface area contributed by atoms with Crippen molar-refractivity contribution in [3.05, 3.63) is 15.1 Å². The van der Waals surface area contributed by atoms with Gasteiger partial charge in [0.1, 0.15) is 0 Å². The third-order valence-electron chi connectivity index (χ3n) is 0.959. The zero-order valence-electron chi connectivity index (χ0n) is 5.25. The van der Waals surface area contributed by atoms with E-state index in [1.54, 1.807) is 0 Å². The molecule has 0 aliphatic carbocycles. The topological polar surface area (TPSA) is 94.9 Å². The number of aromatic hydroxyl groups is 1. The summed E-state index contributed by atoms with van der Waals surface area (Å²) >= 11 is 4.52. The second-order valence-corrected chi connectivity index (χ2v) is 2.08. The lowest BCUT2D eigenvalue weighted by Crippen LogP contribution is -2.12. The number of nitrogen functional groups attached to an aromatic ring is 1.